The van der Waals surface area contributed by atoms with E-state index in [1.54, 1.807) is 12.1 Å². The molecular formula is C12H13N3O2S. The molecule has 1 N–H and O–H groups in total. The van der Waals surface area contributed by atoms with Crippen molar-refractivity contribution >= 4 is 32.9 Å². The van der Waals surface area contributed by atoms with Crippen LogP contribution in [0.15, 0.2) is 12.1 Å². The van der Waals surface area contributed by atoms with Gasteiger partial charge in [-0.2, -0.15) is 0 Å². The van der Waals surface area contributed by atoms with Crippen LogP contribution in [0.25, 0.3) is 10.2 Å². The monoisotopic (exact) mass is 263 g/mol. The molecule has 0 bridgehead atoms. The second kappa shape index (κ2) is 3.91. The maximum Gasteiger partial charge on any atom is 0.293 e. The third kappa shape index (κ3) is 1.92. The van der Waals surface area contributed by atoms with E-state index in [-0.39, 0.29) is 10.6 Å². The van der Waals surface area contributed by atoms with Crippen LogP contribution < -0.4 is 5.32 Å². The normalized spacial score (nSPS) is 22.1. The molecule has 5 nitrogen and oxygen atoms in total. The van der Waals surface area contributed by atoms with E-state index < -0.39 is 0 Å². The van der Waals surface area contributed by atoms with Crippen LogP contribution in [0.1, 0.15) is 18.4 Å². The largest absolute Gasteiger partial charge is 0.376 e. The fourth-order valence-corrected chi connectivity index (χ4v) is 2.91. The molecule has 94 valence electrons. The number of anilines is 1. The van der Waals surface area contributed by atoms with E-state index in [1.165, 1.54) is 11.3 Å². The van der Waals surface area contributed by atoms with Gasteiger partial charge in [-0.3, -0.25) is 10.1 Å². The molecule has 3 rings (SSSR count). The second-order valence-electron chi connectivity index (χ2n) is 4.79. The van der Waals surface area contributed by atoms with Crippen LogP contribution in [0.2, 0.25) is 0 Å². The van der Waals surface area contributed by atoms with Gasteiger partial charge >= 0.3 is 0 Å². The van der Waals surface area contributed by atoms with Gasteiger partial charge in [0.1, 0.15) is 5.69 Å². The van der Waals surface area contributed by atoms with Crippen molar-refractivity contribution in [3.8, 4) is 0 Å². The van der Waals surface area contributed by atoms with E-state index in [0.29, 0.717) is 17.6 Å². The van der Waals surface area contributed by atoms with E-state index in [9.17, 15) is 10.1 Å². The van der Waals surface area contributed by atoms with Crippen LogP contribution in [0.4, 0.5) is 11.4 Å². The molecule has 1 aliphatic rings. The van der Waals surface area contributed by atoms with Gasteiger partial charge in [0.15, 0.2) is 0 Å². The number of nitrogens with one attached hydrogen (secondary N) is 1. The number of nitro benzene ring substituents is 1. The Bertz CT molecular complexity index is 638. The number of fused-ring (bicyclic) bond motifs is 1. The molecule has 18 heavy (non-hydrogen) atoms. The van der Waals surface area contributed by atoms with E-state index >= 15 is 0 Å². The van der Waals surface area contributed by atoms with Crippen LogP contribution in [0.5, 0.6) is 0 Å². The highest BCUT2D eigenvalue weighted by atomic mass is 32.1. The minimum atomic E-state index is -0.329. The molecule has 1 aliphatic carbocycles. The third-order valence-corrected chi connectivity index (χ3v) is 4.19. The van der Waals surface area contributed by atoms with Crippen molar-refractivity contribution in [3.63, 3.8) is 0 Å². The van der Waals surface area contributed by atoms with Gasteiger partial charge in [0.25, 0.3) is 5.69 Å². The summed E-state index contributed by atoms with van der Waals surface area (Å²) in [6.45, 7) is 4.04. The van der Waals surface area contributed by atoms with Crippen LogP contribution in [-0.4, -0.2) is 15.9 Å². The molecule has 0 spiro atoms. The summed E-state index contributed by atoms with van der Waals surface area (Å²) < 4.78 is 0.869. The van der Waals surface area contributed by atoms with Crippen molar-refractivity contribution < 1.29 is 4.92 Å². The number of benzene rings is 1. The predicted octanol–water partition coefficient (Wildman–Crippen LogP) is 3.33. The highest BCUT2D eigenvalue weighted by Crippen LogP contribution is 2.38. The molecule has 2 atom stereocenters. The van der Waals surface area contributed by atoms with Crippen LogP contribution in [0, 0.1) is 23.0 Å². The fraction of sp³-hybridized carbons (Fsp3) is 0.417. The Kier molecular flexibility index (Phi) is 2.48. The topological polar surface area (TPSA) is 68.1 Å². The minimum Gasteiger partial charge on any atom is -0.376 e. The Balaban J connectivity index is 2.07. The number of aryl methyl sites for hydroxylation is 1. The lowest BCUT2D eigenvalue weighted by Gasteiger charge is -2.05. The quantitative estimate of drug-likeness (QED) is 0.681. The summed E-state index contributed by atoms with van der Waals surface area (Å²) in [6, 6.07) is 3.78. The maximum absolute atomic E-state index is 11.1. The average Bonchev–Trinajstić information content (AvgIpc) is 2.85. The van der Waals surface area contributed by atoms with E-state index in [1.807, 2.05) is 6.92 Å². The van der Waals surface area contributed by atoms with Gasteiger partial charge in [0.2, 0.25) is 0 Å². The average molecular weight is 263 g/mol. The molecule has 1 fully saturated rings. The van der Waals surface area contributed by atoms with Gasteiger partial charge in [-0.05, 0) is 25.3 Å². The molecule has 6 heteroatoms. The van der Waals surface area contributed by atoms with Crippen LogP contribution in [0.3, 0.4) is 0 Å². The molecule has 0 saturated heterocycles. The smallest absolute Gasteiger partial charge is 0.293 e. The number of hydrogen-bond donors (Lipinski definition) is 1. The number of nitro groups is 1. The zero-order valence-corrected chi connectivity index (χ0v) is 11.0. The van der Waals surface area contributed by atoms with Crippen molar-refractivity contribution in [2.45, 2.75) is 26.3 Å². The summed E-state index contributed by atoms with van der Waals surface area (Å²) in [5.41, 5.74) is 1.57. The van der Waals surface area contributed by atoms with Gasteiger partial charge in [0, 0.05) is 12.1 Å². The highest BCUT2D eigenvalue weighted by molar-refractivity contribution is 7.18. The summed E-state index contributed by atoms with van der Waals surface area (Å²) in [5, 5.41) is 15.3. The zero-order valence-electron chi connectivity index (χ0n) is 10.1. The second-order valence-corrected chi connectivity index (χ2v) is 6.03. The van der Waals surface area contributed by atoms with Gasteiger partial charge in [0.05, 0.1) is 20.1 Å². The molecular weight excluding hydrogens is 250 g/mol. The Morgan fingerprint density at radius 2 is 2.28 bits per heavy atom. The molecule has 0 radical (unpaired) electrons. The minimum absolute atomic E-state index is 0.144. The predicted molar refractivity (Wildman–Crippen MR) is 72.2 cm³/mol. The highest BCUT2D eigenvalue weighted by Gasteiger charge is 2.34. The van der Waals surface area contributed by atoms with Crippen LogP contribution in [-0.2, 0) is 0 Å². The number of nitrogens with zero attached hydrogens (tertiary/aromatic N) is 2. The Hall–Kier alpha value is -1.69. The lowest BCUT2D eigenvalue weighted by atomic mass is 10.2. The number of rotatable bonds is 3. The maximum atomic E-state index is 11.1. The first-order valence-electron chi connectivity index (χ1n) is 5.86. The summed E-state index contributed by atoms with van der Waals surface area (Å²) in [7, 11) is 0. The molecule has 2 aromatic rings. The number of thiazole rings is 1. The number of aromatic nitrogens is 1. The van der Waals surface area contributed by atoms with E-state index in [4.69, 9.17) is 0 Å². The molecule has 1 saturated carbocycles. The van der Waals surface area contributed by atoms with Crippen molar-refractivity contribution in [1.82, 2.24) is 4.98 Å². The summed E-state index contributed by atoms with van der Waals surface area (Å²) in [4.78, 5) is 15.2. The first-order valence-corrected chi connectivity index (χ1v) is 6.68. The van der Waals surface area contributed by atoms with Crippen molar-refractivity contribution in [3.05, 3.63) is 27.3 Å². The van der Waals surface area contributed by atoms with E-state index in [2.05, 4.69) is 17.2 Å². The lowest BCUT2D eigenvalue weighted by molar-refractivity contribution is -0.383. The lowest BCUT2D eigenvalue weighted by Crippen LogP contribution is -2.06. The molecule has 0 aliphatic heterocycles. The van der Waals surface area contributed by atoms with Gasteiger partial charge in [-0.15, -0.1) is 11.3 Å². The summed E-state index contributed by atoms with van der Waals surface area (Å²) in [6.07, 6.45) is 1.07. The zero-order chi connectivity index (χ0) is 12.9. The third-order valence-electron chi connectivity index (χ3n) is 3.26. The fourth-order valence-electron chi connectivity index (χ4n) is 2.07. The summed E-state index contributed by atoms with van der Waals surface area (Å²) in [5.74, 6) is 0.595. The molecule has 0 amide bonds. The molecule has 1 aromatic carbocycles. The Labute approximate surface area is 108 Å². The van der Waals surface area contributed by atoms with Gasteiger partial charge < -0.3 is 5.32 Å². The Morgan fingerprint density at radius 3 is 2.89 bits per heavy atom. The van der Waals surface area contributed by atoms with Crippen molar-refractivity contribution in [2.24, 2.45) is 5.92 Å². The summed E-state index contributed by atoms with van der Waals surface area (Å²) >= 11 is 1.48. The van der Waals surface area contributed by atoms with Gasteiger partial charge in [-0.1, -0.05) is 6.92 Å². The van der Waals surface area contributed by atoms with Gasteiger partial charge in [-0.25, -0.2) is 4.98 Å². The van der Waals surface area contributed by atoms with E-state index in [0.717, 1.165) is 21.6 Å². The van der Waals surface area contributed by atoms with Crippen LogP contribution >= 0.6 is 11.3 Å². The number of hydrogen-bond acceptors (Lipinski definition) is 5. The molecule has 1 aromatic heterocycles. The van der Waals surface area contributed by atoms with Crippen molar-refractivity contribution in [2.75, 3.05) is 5.32 Å². The standard InChI is InChI=1S/C12H13N3O2S/c1-6-3-8(6)14-9-4-10-12(18-7(2)13-10)5-11(9)15(16)17/h4-6,8,14H,3H2,1-2H3. The van der Waals surface area contributed by atoms with Crippen molar-refractivity contribution in [1.29, 1.82) is 0 Å². The first kappa shape index (κ1) is 11.4. The molecule has 2 unspecified atom stereocenters. The Morgan fingerprint density at radius 1 is 1.56 bits per heavy atom. The SMILES string of the molecule is Cc1nc2cc(NC3CC3C)c([N+](=O)[O-])cc2s1. The molecule has 1 heterocycles. The first-order chi connectivity index (χ1) is 8.54.